The molecule has 170 valence electrons. The lowest BCUT2D eigenvalue weighted by Crippen LogP contribution is -2.46. The molecule has 0 aliphatic carbocycles. The molecule has 1 aromatic heterocycles. The second-order valence-electron chi connectivity index (χ2n) is 8.38. The van der Waals surface area contributed by atoms with Crippen molar-refractivity contribution in [3.8, 4) is 0 Å². The predicted octanol–water partition coefficient (Wildman–Crippen LogP) is 3.62. The Balaban J connectivity index is 1.46. The van der Waals surface area contributed by atoms with Crippen molar-refractivity contribution in [2.75, 3.05) is 18.8 Å². The van der Waals surface area contributed by atoms with Crippen LogP contribution in [-0.2, 0) is 15.6 Å². The fourth-order valence-corrected chi connectivity index (χ4v) is 6.60. The first kappa shape index (κ1) is 22.7. The number of nitrogens with two attached hydrogens (primary N) is 1. The van der Waals surface area contributed by atoms with Crippen molar-refractivity contribution in [1.82, 2.24) is 9.88 Å². The van der Waals surface area contributed by atoms with Gasteiger partial charge in [-0.05, 0) is 49.1 Å². The van der Waals surface area contributed by atoms with Gasteiger partial charge in [0.05, 0.1) is 20.9 Å². The average Bonchev–Trinajstić information content (AvgIpc) is 3.14. The van der Waals surface area contributed by atoms with E-state index in [0.717, 1.165) is 17.5 Å². The van der Waals surface area contributed by atoms with Gasteiger partial charge in [0.1, 0.15) is 5.52 Å². The third-order valence-electron chi connectivity index (χ3n) is 5.99. The second kappa shape index (κ2) is 8.80. The third-order valence-corrected chi connectivity index (χ3v) is 8.55. The summed E-state index contributed by atoms with van der Waals surface area (Å²) >= 11 is 1.25. The van der Waals surface area contributed by atoms with E-state index in [-0.39, 0.29) is 16.6 Å². The molecule has 0 atom stereocenters. The number of hydrogen-bond acceptors (Lipinski definition) is 7. The number of benzene rings is 2. The van der Waals surface area contributed by atoms with Gasteiger partial charge >= 0.3 is 0 Å². The zero-order valence-electron chi connectivity index (χ0n) is 18.0. The molecule has 4 rings (SSSR count). The first-order chi connectivity index (χ1) is 15.2. The number of thiazole rings is 1. The average molecular weight is 474 g/mol. The van der Waals surface area contributed by atoms with E-state index >= 15 is 0 Å². The number of amides is 1. The van der Waals surface area contributed by atoms with Crippen LogP contribution >= 0.6 is 11.3 Å². The van der Waals surface area contributed by atoms with Crippen molar-refractivity contribution < 1.29 is 18.3 Å². The maximum atomic E-state index is 13.0. The highest BCUT2D eigenvalue weighted by atomic mass is 32.2. The van der Waals surface area contributed by atoms with Gasteiger partial charge in [-0.25, -0.2) is 13.4 Å². The van der Waals surface area contributed by atoms with Gasteiger partial charge in [-0.15, -0.1) is 0 Å². The van der Waals surface area contributed by atoms with Crippen molar-refractivity contribution in [2.45, 2.75) is 48.9 Å². The first-order valence-electron chi connectivity index (χ1n) is 10.7. The van der Waals surface area contributed by atoms with Crippen molar-refractivity contribution in [3.05, 3.63) is 53.6 Å². The largest absolute Gasteiger partial charge is 0.390 e. The summed E-state index contributed by atoms with van der Waals surface area (Å²) in [4.78, 5) is 18.9. The van der Waals surface area contributed by atoms with Crippen LogP contribution in [0, 0.1) is 0 Å². The molecule has 1 fully saturated rings. The maximum absolute atomic E-state index is 13.0. The topological polar surface area (TPSA) is 114 Å². The number of sulfone groups is 1. The number of piperidine rings is 1. The Bertz CT molecular complexity index is 1230. The zero-order valence-corrected chi connectivity index (χ0v) is 19.6. The molecule has 0 radical (unpaired) electrons. The highest BCUT2D eigenvalue weighted by molar-refractivity contribution is 7.90. The van der Waals surface area contributed by atoms with Gasteiger partial charge in [0, 0.05) is 18.7 Å². The lowest BCUT2D eigenvalue weighted by Gasteiger charge is -2.38. The Morgan fingerprint density at radius 1 is 1.19 bits per heavy atom. The summed E-state index contributed by atoms with van der Waals surface area (Å²) in [7, 11) is -3.63. The summed E-state index contributed by atoms with van der Waals surface area (Å²) in [6.45, 7) is 3.09. The smallest absolute Gasteiger partial charge is 0.253 e. The summed E-state index contributed by atoms with van der Waals surface area (Å²) in [5, 5.41) is 10.9. The van der Waals surface area contributed by atoms with Crippen LogP contribution in [0.1, 0.15) is 48.5 Å². The molecule has 9 heteroatoms. The SMILES string of the molecule is CCCC1(O)CCN(C(=O)c2ccc(CS(=O)(=O)c3cccc4sc(N)nc34)cc2)CC1. The summed E-state index contributed by atoms with van der Waals surface area (Å²) in [6, 6.07) is 11.7. The summed E-state index contributed by atoms with van der Waals surface area (Å²) in [6.07, 6.45) is 2.82. The Morgan fingerprint density at radius 3 is 2.53 bits per heavy atom. The number of anilines is 1. The summed E-state index contributed by atoms with van der Waals surface area (Å²) in [5.41, 5.74) is 6.59. The number of nitrogens with zero attached hydrogens (tertiary/aromatic N) is 2. The molecule has 0 bridgehead atoms. The van der Waals surface area contributed by atoms with Gasteiger partial charge < -0.3 is 15.7 Å². The normalized spacial score (nSPS) is 16.4. The number of rotatable bonds is 6. The zero-order chi connectivity index (χ0) is 22.9. The third kappa shape index (κ3) is 4.65. The fraction of sp³-hybridized carbons (Fsp3) is 0.391. The molecular formula is C23H27N3O4S2. The van der Waals surface area contributed by atoms with Crippen molar-refractivity contribution >= 4 is 42.4 Å². The van der Waals surface area contributed by atoms with Crippen LogP contribution in [0.5, 0.6) is 0 Å². The molecule has 1 aliphatic rings. The predicted molar refractivity (Wildman–Crippen MR) is 126 cm³/mol. The molecule has 2 aromatic carbocycles. The van der Waals surface area contributed by atoms with E-state index in [1.54, 1.807) is 47.4 Å². The molecule has 0 spiro atoms. The van der Waals surface area contributed by atoms with E-state index in [0.29, 0.717) is 47.7 Å². The lowest BCUT2D eigenvalue weighted by molar-refractivity contribution is -0.0233. The first-order valence-corrected chi connectivity index (χ1v) is 13.2. The van der Waals surface area contributed by atoms with E-state index in [9.17, 15) is 18.3 Å². The molecule has 0 unspecified atom stereocenters. The Labute approximate surface area is 191 Å². The number of fused-ring (bicyclic) bond motifs is 1. The number of carbonyl (C=O) groups excluding carboxylic acids is 1. The maximum Gasteiger partial charge on any atom is 0.253 e. The van der Waals surface area contributed by atoms with E-state index in [4.69, 9.17) is 5.73 Å². The molecule has 2 heterocycles. The molecule has 3 aromatic rings. The lowest BCUT2D eigenvalue weighted by atomic mass is 9.87. The van der Waals surface area contributed by atoms with Crippen molar-refractivity contribution in [1.29, 1.82) is 0 Å². The van der Waals surface area contributed by atoms with Crippen LogP contribution in [0.2, 0.25) is 0 Å². The van der Waals surface area contributed by atoms with Crippen LogP contribution < -0.4 is 5.73 Å². The minimum Gasteiger partial charge on any atom is -0.390 e. The number of para-hydroxylation sites is 1. The van der Waals surface area contributed by atoms with E-state index < -0.39 is 15.4 Å². The van der Waals surface area contributed by atoms with Gasteiger partial charge in [-0.2, -0.15) is 0 Å². The highest BCUT2D eigenvalue weighted by Gasteiger charge is 2.33. The molecule has 7 nitrogen and oxygen atoms in total. The van der Waals surface area contributed by atoms with Crippen LogP contribution in [-0.4, -0.2) is 48.0 Å². The summed E-state index contributed by atoms with van der Waals surface area (Å²) < 4.78 is 26.8. The van der Waals surface area contributed by atoms with Gasteiger partial charge in [0.15, 0.2) is 15.0 Å². The second-order valence-corrected chi connectivity index (χ2v) is 11.4. The Morgan fingerprint density at radius 2 is 1.88 bits per heavy atom. The molecule has 32 heavy (non-hydrogen) atoms. The summed E-state index contributed by atoms with van der Waals surface area (Å²) in [5.74, 6) is -0.285. The quantitative estimate of drug-likeness (QED) is 0.565. The number of hydrogen-bond donors (Lipinski definition) is 2. The minimum absolute atomic E-state index is 0.0966. The number of nitrogen functional groups attached to an aromatic ring is 1. The molecule has 1 saturated heterocycles. The molecule has 0 saturated carbocycles. The molecule has 1 aliphatic heterocycles. The Hall–Kier alpha value is -2.49. The number of carbonyl (C=O) groups is 1. The highest BCUT2D eigenvalue weighted by Crippen LogP contribution is 2.31. The minimum atomic E-state index is -3.63. The number of aliphatic hydroxyl groups is 1. The van der Waals surface area contributed by atoms with Crippen LogP contribution in [0.15, 0.2) is 47.4 Å². The van der Waals surface area contributed by atoms with Gasteiger partial charge in [-0.1, -0.05) is 42.9 Å². The van der Waals surface area contributed by atoms with Crippen LogP contribution in [0.4, 0.5) is 5.13 Å². The van der Waals surface area contributed by atoms with Crippen LogP contribution in [0.25, 0.3) is 10.2 Å². The van der Waals surface area contributed by atoms with Gasteiger partial charge in [0.2, 0.25) is 0 Å². The standard InChI is InChI=1S/C23H27N3O4S2/c1-2-10-23(28)11-13-26(14-12-23)21(27)17-8-6-16(7-9-17)15-32(29,30)19-5-3-4-18-20(19)25-22(24)31-18/h3-9,28H,2,10-15H2,1H3,(H2,24,25). The van der Waals surface area contributed by atoms with E-state index in [2.05, 4.69) is 4.98 Å². The number of aromatic nitrogens is 1. The fourth-order valence-electron chi connectivity index (χ4n) is 4.26. The molecule has 1 amide bonds. The molecular weight excluding hydrogens is 446 g/mol. The van der Waals surface area contributed by atoms with Crippen molar-refractivity contribution in [2.24, 2.45) is 0 Å². The monoisotopic (exact) mass is 473 g/mol. The van der Waals surface area contributed by atoms with Crippen LogP contribution in [0.3, 0.4) is 0 Å². The molecule has 3 N–H and O–H groups in total. The van der Waals surface area contributed by atoms with Crippen molar-refractivity contribution in [3.63, 3.8) is 0 Å². The van der Waals surface area contributed by atoms with E-state index in [1.165, 1.54) is 11.3 Å². The van der Waals surface area contributed by atoms with E-state index in [1.807, 2.05) is 6.92 Å². The Kier molecular flexibility index (Phi) is 6.24. The van der Waals surface area contributed by atoms with Gasteiger partial charge in [0.25, 0.3) is 5.91 Å². The number of likely N-dealkylation sites (tertiary alicyclic amines) is 1. The van der Waals surface area contributed by atoms with Gasteiger partial charge in [-0.3, -0.25) is 4.79 Å².